The Morgan fingerprint density at radius 2 is 1.68 bits per heavy atom. The number of halogens is 3. The van der Waals surface area contributed by atoms with Crippen molar-refractivity contribution in [2.24, 2.45) is 0 Å². The molecule has 0 spiro atoms. The van der Waals surface area contributed by atoms with Crippen LogP contribution in [0.15, 0.2) is 42.5 Å². The van der Waals surface area contributed by atoms with Gasteiger partial charge in [0.05, 0.1) is 6.61 Å². The van der Waals surface area contributed by atoms with Gasteiger partial charge in [-0.3, -0.25) is 9.59 Å². The van der Waals surface area contributed by atoms with Gasteiger partial charge in [0.15, 0.2) is 0 Å². The second kappa shape index (κ2) is 12.8. The van der Waals surface area contributed by atoms with Crippen LogP contribution in [0.5, 0.6) is 5.75 Å². The summed E-state index contributed by atoms with van der Waals surface area (Å²) in [5.41, 5.74) is 0.624. The van der Waals surface area contributed by atoms with Gasteiger partial charge in [0.25, 0.3) is 0 Å². The number of nitrogens with zero attached hydrogens (tertiary/aromatic N) is 1. The zero-order chi connectivity index (χ0) is 22.8. The third-order valence-electron chi connectivity index (χ3n) is 4.74. The van der Waals surface area contributed by atoms with Crippen LogP contribution in [0.4, 0.5) is 0 Å². The molecule has 0 aliphatic rings. The number of benzene rings is 2. The molecular weight excluding hydrogens is 459 g/mol. The van der Waals surface area contributed by atoms with Gasteiger partial charge in [0, 0.05) is 40.1 Å². The molecule has 2 aromatic carbocycles. The average Bonchev–Trinajstić information content (AvgIpc) is 2.74. The molecule has 2 aromatic rings. The van der Waals surface area contributed by atoms with E-state index >= 15 is 0 Å². The van der Waals surface area contributed by atoms with Crippen molar-refractivity contribution < 1.29 is 14.3 Å². The molecule has 8 heteroatoms. The minimum atomic E-state index is -0.614. The molecule has 2 amide bonds. The lowest BCUT2D eigenvalue weighted by atomic mass is 10.1. The van der Waals surface area contributed by atoms with Crippen LogP contribution in [0.3, 0.4) is 0 Å². The number of hydrogen-bond acceptors (Lipinski definition) is 3. The molecule has 0 radical (unpaired) electrons. The van der Waals surface area contributed by atoms with Crippen LogP contribution in [0.2, 0.25) is 15.1 Å². The lowest BCUT2D eigenvalue weighted by Gasteiger charge is -2.31. The number of carbonyl (C=O) groups is 2. The van der Waals surface area contributed by atoms with E-state index in [0.717, 1.165) is 0 Å². The van der Waals surface area contributed by atoms with Crippen LogP contribution in [-0.4, -0.2) is 35.9 Å². The predicted molar refractivity (Wildman–Crippen MR) is 126 cm³/mol. The van der Waals surface area contributed by atoms with Crippen molar-refractivity contribution in [1.82, 2.24) is 10.2 Å². The third kappa shape index (κ3) is 7.60. The highest BCUT2D eigenvalue weighted by Crippen LogP contribution is 2.27. The minimum absolute atomic E-state index is 0.158. The van der Waals surface area contributed by atoms with Gasteiger partial charge in [-0.1, -0.05) is 47.8 Å². The molecule has 0 saturated carbocycles. The fourth-order valence-corrected chi connectivity index (χ4v) is 3.80. The fraction of sp³-hybridized carbons (Fsp3) is 0.391. The Bertz CT molecular complexity index is 855. The van der Waals surface area contributed by atoms with Crippen molar-refractivity contribution >= 4 is 46.6 Å². The Morgan fingerprint density at radius 1 is 1.03 bits per heavy atom. The van der Waals surface area contributed by atoms with Crippen LogP contribution in [-0.2, 0) is 16.1 Å². The normalized spacial score (nSPS) is 11.6. The van der Waals surface area contributed by atoms with Gasteiger partial charge in [-0.05, 0) is 56.2 Å². The number of hydrogen-bond donors (Lipinski definition) is 1. The Balaban J connectivity index is 2.09. The van der Waals surface area contributed by atoms with Crippen LogP contribution < -0.4 is 10.1 Å². The Hall–Kier alpha value is -1.95. The molecule has 168 valence electrons. The number of rotatable bonds is 11. The van der Waals surface area contributed by atoms with Gasteiger partial charge in [-0.15, -0.1) is 0 Å². The van der Waals surface area contributed by atoms with Crippen LogP contribution in [0, 0.1) is 0 Å². The van der Waals surface area contributed by atoms with Gasteiger partial charge < -0.3 is 15.0 Å². The smallest absolute Gasteiger partial charge is 0.242 e. The molecule has 0 aliphatic carbocycles. The van der Waals surface area contributed by atoms with Gasteiger partial charge in [-0.25, -0.2) is 0 Å². The Kier molecular flexibility index (Phi) is 10.4. The minimum Gasteiger partial charge on any atom is -0.494 e. The van der Waals surface area contributed by atoms with Gasteiger partial charge >= 0.3 is 0 Å². The summed E-state index contributed by atoms with van der Waals surface area (Å²) in [6, 6.07) is 11.6. The number of ether oxygens (including phenoxy) is 1. The summed E-state index contributed by atoms with van der Waals surface area (Å²) in [6.07, 6.45) is 1.20. The van der Waals surface area contributed by atoms with E-state index in [1.807, 2.05) is 13.8 Å². The molecule has 2 rings (SSSR count). The molecule has 1 atom stereocenters. The van der Waals surface area contributed by atoms with Crippen molar-refractivity contribution in [1.29, 1.82) is 0 Å². The molecule has 31 heavy (non-hydrogen) atoms. The van der Waals surface area contributed by atoms with E-state index in [9.17, 15) is 9.59 Å². The van der Waals surface area contributed by atoms with E-state index in [1.165, 1.54) is 0 Å². The Labute approximate surface area is 198 Å². The van der Waals surface area contributed by atoms with Gasteiger partial charge in [-0.2, -0.15) is 0 Å². The molecule has 0 aliphatic heterocycles. The number of nitrogens with one attached hydrogen (secondary N) is 1. The SMILES string of the molecule is CCNC(=O)[C@H](CC)N(Cc1c(Cl)cccc1Cl)C(=O)CCCOc1ccc(Cl)cc1. The highest BCUT2D eigenvalue weighted by Gasteiger charge is 2.29. The molecular formula is C23H27Cl3N2O3. The molecule has 0 heterocycles. The first-order valence-electron chi connectivity index (χ1n) is 10.3. The standard InChI is InChI=1S/C23H27Cl3N2O3/c1-3-21(23(30)27-4-2)28(15-18-19(25)7-5-8-20(18)26)22(29)9-6-14-31-17-12-10-16(24)11-13-17/h5,7-8,10-13,21H,3-4,6,9,14-15H2,1-2H3,(H,27,30)/t21-/m0/s1. The molecule has 0 unspecified atom stereocenters. The summed E-state index contributed by atoms with van der Waals surface area (Å²) in [5, 5.41) is 4.36. The summed E-state index contributed by atoms with van der Waals surface area (Å²) in [7, 11) is 0. The highest BCUT2D eigenvalue weighted by molar-refractivity contribution is 6.36. The predicted octanol–water partition coefficient (Wildman–Crippen LogP) is 5.75. The van der Waals surface area contributed by atoms with Crippen molar-refractivity contribution in [3.8, 4) is 5.75 Å². The maximum atomic E-state index is 13.1. The molecule has 5 nitrogen and oxygen atoms in total. The maximum Gasteiger partial charge on any atom is 0.242 e. The second-order valence-corrected chi connectivity index (χ2v) is 8.20. The highest BCUT2D eigenvalue weighted by atomic mass is 35.5. The summed E-state index contributed by atoms with van der Waals surface area (Å²) in [6.45, 7) is 4.73. The van der Waals surface area contributed by atoms with Gasteiger partial charge in [0.2, 0.25) is 11.8 Å². The van der Waals surface area contributed by atoms with Crippen molar-refractivity contribution in [2.45, 2.75) is 45.7 Å². The second-order valence-electron chi connectivity index (χ2n) is 6.95. The number of likely N-dealkylation sites (N-methyl/N-ethyl adjacent to an activating group) is 1. The molecule has 0 saturated heterocycles. The average molecular weight is 486 g/mol. The van der Waals surface area contributed by atoms with Crippen molar-refractivity contribution in [3.05, 3.63) is 63.1 Å². The van der Waals surface area contributed by atoms with E-state index in [1.54, 1.807) is 47.4 Å². The first-order chi connectivity index (χ1) is 14.9. The molecule has 0 bridgehead atoms. The Morgan fingerprint density at radius 3 is 2.26 bits per heavy atom. The quantitative estimate of drug-likeness (QED) is 0.412. The monoisotopic (exact) mass is 484 g/mol. The zero-order valence-electron chi connectivity index (χ0n) is 17.7. The van der Waals surface area contributed by atoms with Crippen molar-refractivity contribution in [2.75, 3.05) is 13.2 Å². The van der Waals surface area contributed by atoms with Crippen LogP contribution >= 0.6 is 34.8 Å². The topological polar surface area (TPSA) is 58.6 Å². The molecule has 0 aromatic heterocycles. The first kappa shape index (κ1) is 25.3. The number of carbonyl (C=O) groups excluding carboxylic acids is 2. The maximum absolute atomic E-state index is 13.1. The lowest BCUT2D eigenvalue weighted by molar-refractivity contribution is -0.141. The molecule has 1 N–H and O–H groups in total. The van der Waals surface area contributed by atoms with Crippen LogP contribution in [0.1, 0.15) is 38.7 Å². The van der Waals surface area contributed by atoms with Crippen LogP contribution in [0.25, 0.3) is 0 Å². The summed E-state index contributed by atoms with van der Waals surface area (Å²) >= 11 is 18.5. The first-order valence-corrected chi connectivity index (χ1v) is 11.4. The summed E-state index contributed by atoms with van der Waals surface area (Å²) in [5.74, 6) is 0.332. The van der Waals surface area contributed by atoms with E-state index < -0.39 is 6.04 Å². The van der Waals surface area contributed by atoms with E-state index in [0.29, 0.717) is 52.4 Å². The van der Waals surface area contributed by atoms with E-state index in [2.05, 4.69) is 5.32 Å². The third-order valence-corrected chi connectivity index (χ3v) is 5.70. The van der Waals surface area contributed by atoms with Gasteiger partial charge in [0.1, 0.15) is 11.8 Å². The largest absolute Gasteiger partial charge is 0.494 e. The summed E-state index contributed by atoms with van der Waals surface area (Å²) < 4.78 is 5.67. The van der Waals surface area contributed by atoms with Crippen molar-refractivity contribution in [3.63, 3.8) is 0 Å². The molecule has 0 fully saturated rings. The lowest BCUT2D eigenvalue weighted by Crippen LogP contribution is -2.49. The number of amides is 2. The zero-order valence-corrected chi connectivity index (χ0v) is 19.9. The fourth-order valence-electron chi connectivity index (χ4n) is 3.15. The van der Waals surface area contributed by atoms with E-state index in [4.69, 9.17) is 39.5 Å². The summed E-state index contributed by atoms with van der Waals surface area (Å²) in [4.78, 5) is 27.3. The van der Waals surface area contributed by atoms with E-state index in [-0.39, 0.29) is 24.8 Å².